The quantitative estimate of drug-likeness (QED) is 0.875. The van der Waals surface area contributed by atoms with Crippen molar-refractivity contribution in [3.8, 4) is 5.75 Å². The van der Waals surface area contributed by atoms with Crippen molar-refractivity contribution in [1.82, 2.24) is 10.2 Å². The van der Waals surface area contributed by atoms with Crippen LogP contribution in [0.25, 0.3) is 0 Å². The van der Waals surface area contributed by atoms with E-state index in [0.29, 0.717) is 6.73 Å². The van der Waals surface area contributed by atoms with Crippen LogP contribution in [0.5, 0.6) is 5.75 Å². The molecule has 0 saturated heterocycles. The summed E-state index contributed by atoms with van der Waals surface area (Å²) >= 11 is 0. The second-order valence-electron chi connectivity index (χ2n) is 5.45. The van der Waals surface area contributed by atoms with Crippen molar-refractivity contribution in [2.45, 2.75) is 13.8 Å². The van der Waals surface area contributed by atoms with E-state index in [1.807, 2.05) is 75.6 Å². The molecule has 0 unspecified atom stereocenters. The minimum atomic E-state index is 0.559. The number of rotatable bonds is 3. The van der Waals surface area contributed by atoms with Crippen molar-refractivity contribution in [2.24, 2.45) is 0 Å². The van der Waals surface area contributed by atoms with E-state index in [0.717, 1.165) is 5.75 Å². The molecule has 0 saturated carbocycles. The van der Waals surface area contributed by atoms with E-state index < -0.39 is 0 Å². The Morgan fingerprint density at radius 1 is 0.818 bits per heavy atom. The SMILES string of the molecule is CN(C)C.CNCOc1ccc(C)cc1.Cc1ccccc1. The molecule has 0 bridgehead atoms. The number of benzene rings is 2. The highest BCUT2D eigenvalue weighted by atomic mass is 16.5. The Labute approximate surface area is 135 Å². The van der Waals surface area contributed by atoms with E-state index >= 15 is 0 Å². The Kier molecular flexibility index (Phi) is 11.8. The molecule has 1 N–H and O–H groups in total. The molecule has 0 radical (unpaired) electrons. The van der Waals surface area contributed by atoms with Crippen molar-refractivity contribution in [3.05, 3.63) is 65.7 Å². The molecule has 0 atom stereocenters. The first kappa shape index (κ1) is 20.2. The summed E-state index contributed by atoms with van der Waals surface area (Å²) in [7, 11) is 7.86. The normalized spacial score (nSPS) is 9.23. The van der Waals surface area contributed by atoms with Crippen molar-refractivity contribution < 1.29 is 4.74 Å². The van der Waals surface area contributed by atoms with Crippen LogP contribution in [-0.4, -0.2) is 39.8 Å². The Morgan fingerprint density at radius 2 is 1.27 bits per heavy atom. The van der Waals surface area contributed by atoms with Gasteiger partial charge in [-0.3, -0.25) is 5.32 Å². The zero-order chi connectivity index (χ0) is 16.8. The van der Waals surface area contributed by atoms with Gasteiger partial charge in [-0.2, -0.15) is 0 Å². The zero-order valence-electron chi connectivity index (χ0n) is 14.8. The van der Waals surface area contributed by atoms with Gasteiger partial charge in [-0.15, -0.1) is 0 Å². The fourth-order valence-corrected chi connectivity index (χ4v) is 1.32. The van der Waals surface area contributed by atoms with Crippen molar-refractivity contribution in [3.63, 3.8) is 0 Å². The number of hydrogen-bond donors (Lipinski definition) is 1. The van der Waals surface area contributed by atoms with Crippen LogP contribution in [0, 0.1) is 13.8 Å². The smallest absolute Gasteiger partial charge is 0.139 e. The summed E-state index contributed by atoms with van der Waals surface area (Å²) in [5, 5.41) is 2.91. The van der Waals surface area contributed by atoms with Gasteiger partial charge in [0.2, 0.25) is 0 Å². The lowest BCUT2D eigenvalue weighted by atomic mass is 10.2. The number of nitrogens with one attached hydrogen (secondary N) is 1. The van der Waals surface area contributed by atoms with E-state index in [1.54, 1.807) is 0 Å². The summed E-state index contributed by atoms with van der Waals surface area (Å²) in [6.07, 6.45) is 0. The van der Waals surface area contributed by atoms with Gasteiger partial charge in [-0.05, 0) is 54.2 Å². The minimum Gasteiger partial charge on any atom is -0.478 e. The molecular weight excluding hydrogens is 272 g/mol. The Bertz CT molecular complexity index is 464. The molecule has 0 amide bonds. The van der Waals surface area contributed by atoms with Gasteiger partial charge in [0.15, 0.2) is 0 Å². The maximum Gasteiger partial charge on any atom is 0.139 e. The molecule has 0 aliphatic carbocycles. The lowest BCUT2D eigenvalue weighted by Crippen LogP contribution is -2.13. The molecular formula is C19H30N2O. The van der Waals surface area contributed by atoms with Crippen LogP contribution in [0.4, 0.5) is 0 Å². The summed E-state index contributed by atoms with van der Waals surface area (Å²) in [4.78, 5) is 2.00. The lowest BCUT2D eigenvalue weighted by molar-refractivity contribution is 0.296. The van der Waals surface area contributed by atoms with Gasteiger partial charge < -0.3 is 9.64 Å². The lowest BCUT2D eigenvalue weighted by Gasteiger charge is -2.03. The van der Waals surface area contributed by atoms with E-state index in [2.05, 4.69) is 31.3 Å². The van der Waals surface area contributed by atoms with Gasteiger partial charge in [0.1, 0.15) is 12.5 Å². The van der Waals surface area contributed by atoms with Gasteiger partial charge in [-0.1, -0.05) is 53.6 Å². The third kappa shape index (κ3) is 13.2. The first-order valence-corrected chi connectivity index (χ1v) is 7.42. The summed E-state index contributed by atoms with van der Waals surface area (Å²) in [6, 6.07) is 18.3. The van der Waals surface area contributed by atoms with E-state index in [-0.39, 0.29) is 0 Å². The molecule has 2 aromatic rings. The molecule has 0 aliphatic rings. The van der Waals surface area contributed by atoms with Gasteiger partial charge in [0.25, 0.3) is 0 Å². The van der Waals surface area contributed by atoms with Crippen LogP contribution in [0.15, 0.2) is 54.6 Å². The fourth-order valence-electron chi connectivity index (χ4n) is 1.32. The third-order valence-electron chi connectivity index (χ3n) is 2.34. The first-order chi connectivity index (χ1) is 10.5. The number of ether oxygens (including phenoxy) is 1. The highest BCUT2D eigenvalue weighted by Gasteiger charge is 1.89. The molecule has 0 aliphatic heterocycles. The maximum absolute atomic E-state index is 5.30. The summed E-state index contributed by atoms with van der Waals surface area (Å²) in [5.74, 6) is 0.907. The second kappa shape index (κ2) is 12.9. The number of hydrogen-bond acceptors (Lipinski definition) is 3. The highest BCUT2D eigenvalue weighted by Crippen LogP contribution is 2.10. The second-order valence-corrected chi connectivity index (χ2v) is 5.45. The van der Waals surface area contributed by atoms with Crippen LogP contribution < -0.4 is 10.1 Å². The molecule has 122 valence electrons. The molecule has 3 heteroatoms. The predicted octanol–water partition coefficient (Wildman–Crippen LogP) is 3.72. The first-order valence-electron chi connectivity index (χ1n) is 7.42. The largest absolute Gasteiger partial charge is 0.478 e. The molecule has 0 aromatic heterocycles. The van der Waals surface area contributed by atoms with Crippen LogP contribution >= 0.6 is 0 Å². The molecule has 2 rings (SSSR count). The van der Waals surface area contributed by atoms with E-state index in [1.165, 1.54) is 11.1 Å². The van der Waals surface area contributed by atoms with E-state index in [9.17, 15) is 0 Å². The van der Waals surface area contributed by atoms with Crippen molar-refractivity contribution in [1.29, 1.82) is 0 Å². The van der Waals surface area contributed by atoms with E-state index in [4.69, 9.17) is 4.74 Å². The average Bonchev–Trinajstić information content (AvgIpc) is 2.48. The predicted molar refractivity (Wildman–Crippen MR) is 96.5 cm³/mol. The molecule has 3 nitrogen and oxygen atoms in total. The topological polar surface area (TPSA) is 24.5 Å². The molecule has 0 fully saturated rings. The monoisotopic (exact) mass is 302 g/mol. The molecule has 22 heavy (non-hydrogen) atoms. The average molecular weight is 302 g/mol. The summed E-state index contributed by atoms with van der Waals surface area (Å²) in [5.41, 5.74) is 2.57. The van der Waals surface area contributed by atoms with Crippen molar-refractivity contribution >= 4 is 0 Å². The molecule has 0 spiro atoms. The molecule has 2 aromatic carbocycles. The summed E-state index contributed by atoms with van der Waals surface area (Å²) < 4.78 is 5.30. The van der Waals surface area contributed by atoms with Crippen LogP contribution in [0.1, 0.15) is 11.1 Å². The van der Waals surface area contributed by atoms with Gasteiger partial charge in [-0.25, -0.2) is 0 Å². The Morgan fingerprint density at radius 3 is 1.64 bits per heavy atom. The standard InChI is InChI=1S/C9H13NO.C7H8.C3H9N/c1-8-3-5-9(6-4-8)11-7-10-2;1-7-5-3-2-4-6-7;1-4(2)3/h3-6,10H,7H2,1-2H3;2-6H,1H3;1-3H3. The van der Waals surface area contributed by atoms with Gasteiger partial charge >= 0.3 is 0 Å². The van der Waals surface area contributed by atoms with Gasteiger partial charge in [0, 0.05) is 0 Å². The van der Waals surface area contributed by atoms with Crippen LogP contribution in [-0.2, 0) is 0 Å². The van der Waals surface area contributed by atoms with Crippen LogP contribution in [0.2, 0.25) is 0 Å². The molecule has 0 heterocycles. The zero-order valence-corrected chi connectivity index (χ0v) is 14.8. The Balaban J connectivity index is 0.000000343. The van der Waals surface area contributed by atoms with Crippen molar-refractivity contribution in [2.75, 3.05) is 34.9 Å². The Hall–Kier alpha value is -1.84. The third-order valence-corrected chi connectivity index (χ3v) is 2.34. The summed E-state index contributed by atoms with van der Waals surface area (Å²) in [6.45, 7) is 4.70. The fraction of sp³-hybridized carbons (Fsp3) is 0.368. The maximum atomic E-state index is 5.30. The number of aryl methyl sites for hydroxylation is 2. The number of nitrogens with zero attached hydrogens (tertiary/aromatic N) is 1. The minimum absolute atomic E-state index is 0.559. The van der Waals surface area contributed by atoms with Gasteiger partial charge in [0.05, 0.1) is 0 Å². The van der Waals surface area contributed by atoms with Crippen LogP contribution in [0.3, 0.4) is 0 Å². The highest BCUT2D eigenvalue weighted by molar-refractivity contribution is 5.26.